The molecular weight excluding hydrogens is 234 g/mol. The van der Waals surface area contributed by atoms with Crippen LogP contribution >= 0.6 is 11.6 Å². The van der Waals surface area contributed by atoms with Crippen molar-refractivity contribution in [2.75, 3.05) is 13.6 Å². The predicted molar refractivity (Wildman–Crippen MR) is 70.2 cm³/mol. The summed E-state index contributed by atoms with van der Waals surface area (Å²) < 4.78 is 0. The van der Waals surface area contributed by atoms with Gasteiger partial charge in [0.25, 0.3) is 0 Å². The van der Waals surface area contributed by atoms with E-state index in [0.29, 0.717) is 18.2 Å². The molecule has 2 nitrogen and oxygen atoms in total. The summed E-state index contributed by atoms with van der Waals surface area (Å²) in [6, 6.07) is 8.07. The fraction of sp³-hybridized carbons (Fsp3) is 0.500. The Labute approximate surface area is 108 Å². The molecule has 1 aliphatic carbocycles. The number of halogens is 1. The molecule has 1 fully saturated rings. The molecule has 1 saturated carbocycles. The molecule has 0 aromatic heterocycles. The minimum Gasteiger partial charge on any atom is -0.298 e. The van der Waals surface area contributed by atoms with Crippen LogP contribution in [0, 0.1) is 5.92 Å². The van der Waals surface area contributed by atoms with Gasteiger partial charge < -0.3 is 0 Å². The monoisotopic (exact) mass is 251 g/mol. The lowest BCUT2D eigenvalue weighted by Crippen LogP contribution is -2.29. The Morgan fingerprint density at radius 2 is 2.00 bits per heavy atom. The van der Waals surface area contributed by atoms with Crippen LogP contribution in [0.4, 0.5) is 0 Å². The first-order valence-corrected chi connectivity index (χ1v) is 6.44. The number of carbonyl (C=O) groups is 1. The predicted octanol–water partition coefficient (Wildman–Crippen LogP) is 3.31. The maximum Gasteiger partial charge on any atom is 0.149 e. The van der Waals surface area contributed by atoms with Gasteiger partial charge in [-0.05, 0) is 44.5 Å². The molecule has 1 atom stereocenters. The molecule has 0 amide bonds. The summed E-state index contributed by atoms with van der Waals surface area (Å²) in [6.45, 7) is 2.66. The van der Waals surface area contributed by atoms with Crippen LogP contribution in [0.3, 0.4) is 0 Å². The van der Waals surface area contributed by atoms with E-state index in [1.807, 2.05) is 31.3 Å². The number of benzene rings is 1. The molecule has 1 aromatic carbocycles. The van der Waals surface area contributed by atoms with Crippen molar-refractivity contribution in [1.29, 1.82) is 0 Å². The van der Waals surface area contributed by atoms with Crippen LogP contribution in [-0.2, 0) is 4.79 Å². The van der Waals surface area contributed by atoms with Crippen LogP contribution in [0.5, 0.6) is 0 Å². The lowest BCUT2D eigenvalue weighted by molar-refractivity contribution is -0.121. The number of carbonyl (C=O) groups excluding carboxylic acids is 1. The number of hydrogen-bond acceptors (Lipinski definition) is 2. The van der Waals surface area contributed by atoms with Crippen molar-refractivity contribution in [1.82, 2.24) is 4.90 Å². The smallest absolute Gasteiger partial charge is 0.149 e. The SMILES string of the molecule is CC(c1ccc(Cl)cc1)N(C)CC(=O)C1CC1. The quantitative estimate of drug-likeness (QED) is 0.800. The lowest BCUT2D eigenvalue weighted by Gasteiger charge is -2.24. The highest BCUT2D eigenvalue weighted by Crippen LogP contribution is 2.30. The third-order valence-corrected chi connectivity index (χ3v) is 3.70. The molecule has 1 aromatic rings. The first kappa shape index (κ1) is 12.6. The molecule has 0 bridgehead atoms. The summed E-state index contributed by atoms with van der Waals surface area (Å²) in [5, 5.41) is 0.748. The Kier molecular flexibility index (Phi) is 3.85. The number of rotatable bonds is 5. The summed E-state index contributed by atoms with van der Waals surface area (Å²) in [4.78, 5) is 13.8. The lowest BCUT2D eigenvalue weighted by atomic mass is 10.1. The molecule has 17 heavy (non-hydrogen) atoms. The second-order valence-electron chi connectivity index (χ2n) is 4.88. The van der Waals surface area contributed by atoms with Crippen molar-refractivity contribution >= 4 is 17.4 Å². The molecule has 2 rings (SSSR count). The van der Waals surface area contributed by atoms with Crippen molar-refractivity contribution < 1.29 is 4.79 Å². The Morgan fingerprint density at radius 1 is 1.41 bits per heavy atom. The normalized spacial score (nSPS) is 17.2. The van der Waals surface area contributed by atoms with Crippen molar-refractivity contribution in [2.24, 2.45) is 5.92 Å². The van der Waals surface area contributed by atoms with Gasteiger partial charge in [0.1, 0.15) is 5.78 Å². The first-order chi connectivity index (χ1) is 8.08. The third kappa shape index (κ3) is 3.30. The van der Waals surface area contributed by atoms with Gasteiger partial charge in [0, 0.05) is 17.0 Å². The average molecular weight is 252 g/mol. The van der Waals surface area contributed by atoms with E-state index in [4.69, 9.17) is 11.6 Å². The molecule has 0 saturated heterocycles. The van der Waals surface area contributed by atoms with E-state index in [2.05, 4.69) is 11.8 Å². The fourth-order valence-corrected chi connectivity index (χ4v) is 2.04. The van der Waals surface area contributed by atoms with Gasteiger partial charge in [0.15, 0.2) is 0 Å². The Bertz CT molecular complexity index is 397. The molecule has 1 aliphatic rings. The van der Waals surface area contributed by atoms with Crippen molar-refractivity contribution in [3.05, 3.63) is 34.9 Å². The van der Waals surface area contributed by atoms with Crippen LogP contribution in [0.1, 0.15) is 31.4 Å². The van der Waals surface area contributed by atoms with E-state index in [9.17, 15) is 4.79 Å². The summed E-state index contributed by atoms with van der Waals surface area (Å²) in [5.41, 5.74) is 1.19. The second-order valence-corrected chi connectivity index (χ2v) is 5.32. The molecule has 0 N–H and O–H groups in total. The summed E-state index contributed by atoms with van der Waals surface area (Å²) in [5.74, 6) is 0.725. The van der Waals surface area contributed by atoms with E-state index in [1.54, 1.807) is 0 Å². The minimum absolute atomic E-state index is 0.245. The van der Waals surface area contributed by atoms with Gasteiger partial charge in [0.2, 0.25) is 0 Å². The highest BCUT2D eigenvalue weighted by molar-refractivity contribution is 6.30. The topological polar surface area (TPSA) is 20.3 Å². The van der Waals surface area contributed by atoms with Crippen LogP contribution in [0.25, 0.3) is 0 Å². The van der Waals surface area contributed by atoms with Crippen molar-refractivity contribution in [2.45, 2.75) is 25.8 Å². The van der Waals surface area contributed by atoms with E-state index in [0.717, 1.165) is 17.9 Å². The minimum atomic E-state index is 0.245. The molecule has 0 spiro atoms. The first-order valence-electron chi connectivity index (χ1n) is 6.06. The molecule has 3 heteroatoms. The van der Waals surface area contributed by atoms with E-state index in [-0.39, 0.29) is 6.04 Å². The molecule has 1 unspecified atom stereocenters. The van der Waals surface area contributed by atoms with E-state index < -0.39 is 0 Å². The maximum atomic E-state index is 11.7. The summed E-state index contributed by atoms with van der Waals surface area (Å²) >= 11 is 5.86. The van der Waals surface area contributed by atoms with Gasteiger partial charge in [-0.2, -0.15) is 0 Å². The molecule has 0 aliphatic heterocycles. The van der Waals surface area contributed by atoms with Gasteiger partial charge in [-0.15, -0.1) is 0 Å². The highest BCUT2D eigenvalue weighted by Gasteiger charge is 2.30. The number of nitrogens with zero attached hydrogens (tertiary/aromatic N) is 1. The zero-order chi connectivity index (χ0) is 12.4. The molecule has 0 radical (unpaired) electrons. The molecule has 0 heterocycles. The van der Waals surface area contributed by atoms with Gasteiger partial charge in [-0.3, -0.25) is 9.69 Å². The van der Waals surface area contributed by atoms with Crippen molar-refractivity contribution in [3.8, 4) is 0 Å². The largest absolute Gasteiger partial charge is 0.298 e. The third-order valence-electron chi connectivity index (χ3n) is 3.45. The van der Waals surface area contributed by atoms with Gasteiger partial charge in [0.05, 0.1) is 6.54 Å². The number of likely N-dealkylation sites (N-methyl/N-ethyl adjacent to an activating group) is 1. The Morgan fingerprint density at radius 3 is 2.53 bits per heavy atom. The van der Waals surface area contributed by atoms with E-state index >= 15 is 0 Å². The van der Waals surface area contributed by atoms with E-state index in [1.165, 1.54) is 5.56 Å². The van der Waals surface area contributed by atoms with Crippen LogP contribution in [0.15, 0.2) is 24.3 Å². The van der Waals surface area contributed by atoms with Gasteiger partial charge in [-0.1, -0.05) is 23.7 Å². The zero-order valence-electron chi connectivity index (χ0n) is 10.3. The second kappa shape index (κ2) is 5.19. The fourth-order valence-electron chi connectivity index (χ4n) is 1.91. The average Bonchev–Trinajstić information content (AvgIpc) is 3.12. The number of Topliss-reactive ketones (excluding diaryl/α,β-unsaturated/α-hetero) is 1. The van der Waals surface area contributed by atoms with Gasteiger partial charge >= 0.3 is 0 Å². The van der Waals surface area contributed by atoms with Crippen LogP contribution in [-0.4, -0.2) is 24.3 Å². The maximum absolute atomic E-state index is 11.7. The molecular formula is C14H18ClNO. The zero-order valence-corrected chi connectivity index (χ0v) is 11.1. The molecule has 92 valence electrons. The Hall–Kier alpha value is -0.860. The summed E-state index contributed by atoms with van der Waals surface area (Å²) in [6.07, 6.45) is 2.17. The highest BCUT2D eigenvalue weighted by atomic mass is 35.5. The number of ketones is 1. The summed E-state index contributed by atoms with van der Waals surface area (Å²) in [7, 11) is 2.00. The van der Waals surface area contributed by atoms with Crippen LogP contribution < -0.4 is 0 Å². The van der Waals surface area contributed by atoms with Crippen LogP contribution in [0.2, 0.25) is 5.02 Å². The Balaban J connectivity index is 1.95. The van der Waals surface area contributed by atoms with Gasteiger partial charge in [-0.25, -0.2) is 0 Å². The number of hydrogen-bond donors (Lipinski definition) is 0. The van der Waals surface area contributed by atoms with Crippen molar-refractivity contribution in [3.63, 3.8) is 0 Å². The standard InChI is InChI=1S/C14H18ClNO/c1-10(11-5-7-13(15)8-6-11)16(2)9-14(17)12-3-4-12/h5-8,10,12H,3-4,9H2,1-2H3.